The van der Waals surface area contributed by atoms with E-state index in [0.717, 1.165) is 43.5 Å². The van der Waals surface area contributed by atoms with Crippen molar-refractivity contribution in [2.75, 3.05) is 41.3 Å². The Morgan fingerprint density at radius 2 is 1.52 bits per heavy atom. The number of aromatic nitrogens is 2. The van der Waals surface area contributed by atoms with Gasteiger partial charge in [-0.25, -0.2) is 14.4 Å². The Balaban J connectivity index is 1.36. The van der Waals surface area contributed by atoms with Crippen LogP contribution in [0.3, 0.4) is 0 Å². The number of halogens is 1. The smallest absolute Gasteiger partial charge is 0.134 e. The van der Waals surface area contributed by atoms with E-state index in [1.165, 1.54) is 50.7 Å². The summed E-state index contributed by atoms with van der Waals surface area (Å²) in [6, 6.07) is 9.37. The molecule has 0 amide bonds. The first-order valence-electron chi connectivity index (χ1n) is 10.1. The Labute approximate surface area is 160 Å². The van der Waals surface area contributed by atoms with Gasteiger partial charge in [-0.05, 0) is 37.1 Å². The molecule has 144 valence electrons. The number of benzene rings is 1. The third-order valence-corrected chi connectivity index (χ3v) is 5.66. The van der Waals surface area contributed by atoms with Gasteiger partial charge in [0.15, 0.2) is 0 Å². The monoisotopic (exact) mass is 369 g/mol. The molecular weight excluding hydrogens is 341 g/mol. The number of rotatable bonds is 4. The van der Waals surface area contributed by atoms with Gasteiger partial charge in [-0.1, -0.05) is 25.7 Å². The van der Waals surface area contributed by atoms with E-state index in [1.54, 1.807) is 6.33 Å². The van der Waals surface area contributed by atoms with Gasteiger partial charge in [0, 0.05) is 44.0 Å². The Hall–Kier alpha value is -2.37. The molecule has 2 fully saturated rings. The molecule has 1 aromatic carbocycles. The fourth-order valence-corrected chi connectivity index (χ4v) is 4.08. The van der Waals surface area contributed by atoms with Crippen LogP contribution < -0.4 is 15.1 Å². The normalized spacial score (nSPS) is 19.0. The van der Waals surface area contributed by atoms with E-state index < -0.39 is 0 Å². The molecule has 1 aliphatic carbocycles. The molecule has 27 heavy (non-hydrogen) atoms. The molecule has 5 nitrogen and oxygen atoms in total. The van der Waals surface area contributed by atoms with E-state index in [4.69, 9.17) is 0 Å². The zero-order valence-corrected chi connectivity index (χ0v) is 15.8. The molecule has 1 N–H and O–H groups in total. The van der Waals surface area contributed by atoms with Crippen molar-refractivity contribution in [1.82, 2.24) is 9.97 Å². The van der Waals surface area contributed by atoms with Crippen molar-refractivity contribution < 1.29 is 4.39 Å². The van der Waals surface area contributed by atoms with Gasteiger partial charge in [0.2, 0.25) is 0 Å². The van der Waals surface area contributed by atoms with Crippen molar-refractivity contribution >= 4 is 17.3 Å². The number of nitrogens with zero attached hydrogens (tertiary/aromatic N) is 4. The summed E-state index contributed by atoms with van der Waals surface area (Å²) in [5.41, 5.74) is 1.08. The molecule has 0 unspecified atom stereocenters. The molecule has 0 atom stereocenters. The molecule has 0 bridgehead atoms. The third kappa shape index (κ3) is 4.67. The first-order chi connectivity index (χ1) is 13.3. The van der Waals surface area contributed by atoms with Gasteiger partial charge >= 0.3 is 0 Å². The molecule has 1 saturated carbocycles. The van der Waals surface area contributed by atoms with E-state index in [-0.39, 0.29) is 5.82 Å². The van der Waals surface area contributed by atoms with Crippen molar-refractivity contribution in [2.24, 2.45) is 0 Å². The quantitative estimate of drug-likeness (QED) is 0.823. The maximum atomic E-state index is 13.1. The summed E-state index contributed by atoms with van der Waals surface area (Å²) in [6.45, 7) is 3.61. The van der Waals surface area contributed by atoms with Crippen LogP contribution in [-0.2, 0) is 0 Å². The molecule has 2 aromatic rings. The van der Waals surface area contributed by atoms with Gasteiger partial charge in [-0.15, -0.1) is 0 Å². The average molecular weight is 369 g/mol. The number of piperazine rings is 1. The predicted octanol–water partition coefficient (Wildman–Crippen LogP) is 4.08. The van der Waals surface area contributed by atoms with Crippen LogP contribution in [-0.4, -0.2) is 42.2 Å². The zero-order valence-electron chi connectivity index (χ0n) is 15.8. The van der Waals surface area contributed by atoms with Crippen molar-refractivity contribution in [1.29, 1.82) is 0 Å². The van der Waals surface area contributed by atoms with Crippen LogP contribution in [0, 0.1) is 5.82 Å². The lowest BCUT2D eigenvalue weighted by Crippen LogP contribution is -2.46. The second kappa shape index (κ2) is 8.55. The molecule has 2 heterocycles. The predicted molar refractivity (Wildman–Crippen MR) is 108 cm³/mol. The van der Waals surface area contributed by atoms with Crippen LogP contribution in [0.25, 0.3) is 0 Å². The van der Waals surface area contributed by atoms with Gasteiger partial charge in [-0.3, -0.25) is 0 Å². The molecule has 1 aliphatic heterocycles. The van der Waals surface area contributed by atoms with Gasteiger partial charge in [0.1, 0.15) is 23.8 Å². The maximum Gasteiger partial charge on any atom is 0.134 e. The molecule has 0 spiro atoms. The van der Waals surface area contributed by atoms with Crippen LogP contribution in [0.4, 0.5) is 21.7 Å². The van der Waals surface area contributed by atoms with Crippen molar-refractivity contribution in [3.8, 4) is 0 Å². The average Bonchev–Trinajstić information content (AvgIpc) is 2.98. The summed E-state index contributed by atoms with van der Waals surface area (Å²) in [7, 11) is 0. The van der Waals surface area contributed by atoms with Crippen LogP contribution in [0.1, 0.15) is 38.5 Å². The van der Waals surface area contributed by atoms with E-state index in [0.29, 0.717) is 6.04 Å². The lowest BCUT2D eigenvalue weighted by molar-refractivity contribution is 0.616. The molecule has 6 heteroatoms. The second-order valence-electron chi connectivity index (χ2n) is 7.54. The minimum atomic E-state index is -0.188. The first-order valence-corrected chi connectivity index (χ1v) is 10.1. The Bertz CT molecular complexity index is 720. The largest absolute Gasteiger partial charge is 0.368 e. The lowest BCUT2D eigenvalue weighted by atomic mass is 10.1. The van der Waals surface area contributed by atoms with Crippen molar-refractivity contribution in [3.63, 3.8) is 0 Å². The molecule has 4 rings (SSSR count). The SMILES string of the molecule is Fc1ccc(N2CCN(c3cc(NC4CCCCCC4)ncn3)CC2)cc1. The van der Waals surface area contributed by atoms with E-state index in [1.807, 2.05) is 12.1 Å². The topological polar surface area (TPSA) is 44.3 Å². The summed E-state index contributed by atoms with van der Waals surface area (Å²) < 4.78 is 13.1. The molecule has 1 aromatic heterocycles. The van der Waals surface area contributed by atoms with E-state index in [9.17, 15) is 4.39 Å². The van der Waals surface area contributed by atoms with Crippen LogP contribution in [0.15, 0.2) is 36.7 Å². The summed E-state index contributed by atoms with van der Waals surface area (Å²) in [5, 5.41) is 3.62. The van der Waals surface area contributed by atoms with Crippen LogP contribution in [0.2, 0.25) is 0 Å². The highest BCUT2D eigenvalue weighted by atomic mass is 19.1. The molecule has 1 saturated heterocycles. The van der Waals surface area contributed by atoms with Crippen LogP contribution in [0.5, 0.6) is 0 Å². The standard InChI is InChI=1S/C21H28FN5/c22-17-7-9-19(10-8-17)26-11-13-27(14-12-26)21-15-20(23-16-24-21)25-18-5-3-1-2-4-6-18/h7-10,15-16,18H,1-6,11-14H2,(H,23,24,25). The third-order valence-electron chi connectivity index (χ3n) is 5.66. The molecule has 0 radical (unpaired) electrons. The minimum absolute atomic E-state index is 0.188. The fraction of sp³-hybridized carbons (Fsp3) is 0.524. The highest BCUT2D eigenvalue weighted by Crippen LogP contribution is 2.23. The molecular formula is C21H28FN5. The van der Waals surface area contributed by atoms with Gasteiger partial charge in [0.05, 0.1) is 0 Å². The van der Waals surface area contributed by atoms with Crippen molar-refractivity contribution in [3.05, 3.63) is 42.5 Å². The van der Waals surface area contributed by atoms with Gasteiger partial charge < -0.3 is 15.1 Å². The lowest BCUT2D eigenvalue weighted by Gasteiger charge is -2.36. The fourth-order valence-electron chi connectivity index (χ4n) is 4.08. The van der Waals surface area contributed by atoms with Crippen LogP contribution >= 0.6 is 0 Å². The second-order valence-corrected chi connectivity index (χ2v) is 7.54. The Morgan fingerprint density at radius 3 is 2.22 bits per heavy atom. The first kappa shape index (κ1) is 18.0. The summed E-state index contributed by atoms with van der Waals surface area (Å²) in [6.07, 6.45) is 9.45. The van der Waals surface area contributed by atoms with E-state index >= 15 is 0 Å². The highest BCUT2D eigenvalue weighted by Gasteiger charge is 2.19. The number of nitrogens with one attached hydrogen (secondary N) is 1. The van der Waals surface area contributed by atoms with E-state index in [2.05, 4.69) is 31.2 Å². The van der Waals surface area contributed by atoms with Crippen molar-refractivity contribution in [2.45, 2.75) is 44.6 Å². The Kier molecular flexibility index (Phi) is 5.70. The summed E-state index contributed by atoms with van der Waals surface area (Å²) >= 11 is 0. The number of hydrogen-bond acceptors (Lipinski definition) is 5. The molecule has 2 aliphatic rings. The summed E-state index contributed by atoms with van der Waals surface area (Å²) in [4.78, 5) is 13.5. The number of anilines is 3. The summed E-state index contributed by atoms with van der Waals surface area (Å²) in [5.74, 6) is 1.74. The number of hydrogen-bond donors (Lipinski definition) is 1. The highest BCUT2D eigenvalue weighted by molar-refractivity contribution is 5.52. The van der Waals surface area contributed by atoms with Gasteiger partial charge in [0.25, 0.3) is 0 Å². The maximum absolute atomic E-state index is 13.1. The van der Waals surface area contributed by atoms with Gasteiger partial charge in [-0.2, -0.15) is 0 Å². The zero-order chi connectivity index (χ0) is 18.5. The minimum Gasteiger partial charge on any atom is -0.368 e. The Morgan fingerprint density at radius 1 is 0.852 bits per heavy atom.